The summed E-state index contributed by atoms with van der Waals surface area (Å²) in [5, 5.41) is 18.8. The second-order valence-corrected chi connectivity index (χ2v) is 8.88. The topological polar surface area (TPSA) is 172 Å². The molecule has 0 aliphatic rings. The van der Waals surface area contributed by atoms with E-state index >= 15 is 0 Å². The van der Waals surface area contributed by atoms with Gasteiger partial charge in [0.1, 0.15) is 17.6 Å². The van der Waals surface area contributed by atoms with Gasteiger partial charge in [0, 0.05) is 18.5 Å². The molecule has 0 spiro atoms. The Balaban J connectivity index is 1.88. The molecule has 0 saturated carbocycles. The van der Waals surface area contributed by atoms with E-state index < -0.39 is 51.1 Å². The van der Waals surface area contributed by atoms with Crippen molar-refractivity contribution in [2.75, 3.05) is 13.2 Å². The number of alkyl halides is 3. The van der Waals surface area contributed by atoms with Crippen LogP contribution in [0.4, 0.5) is 13.2 Å². The van der Waals surface area contributed by atoms with Gasteiger partial charge in [0.25, 0.3) is 0 Å². The number of hydrogen-bond acceptors (Lipinski definition) is 6. The lowest BCUT2D eigenvalue weighted by Crippen LogP contribution is -2.48. The smallest absolute Gasteiger partial charge is 0.417 e. The van der Waals surface area contributed by atoms with Gasteiger partial charge in [-0.1, -0.05) is 12.1 Å². The highest BCUT2D eigenvalue weighted by Gasteiger charge is 2.38. The third kappa shape index (κ3) is 8.26. The van der Waals surface area contributed by atoms with Crippen molar-refractivity contribution in [3.05, 3.63) is 59.7 Å². The summed E-state index contributed by atoms with van der Waals surface area (Å²) in [6.07, 6.45) is -4.82. The van der Waals surface area contributed by atoms with E-state index in [1.807, 2.05) is 0 Å². The Kier molecular flexibility index (Phi) is 9.19. The molecule has 14 heteroatoms. The van der Waals surface area contributed by atoms with Gasteiger partial charge in [-0.05, 0) is 42.8 Å². The van der Waals surface area contributed by atoms with Crippen molar-refractivity contribution in [1.29, 1.82) is 5.41 Å². The lowest BCUT2D eigenvalue weighted by molar-refractivity contribution is -0.140. The largest absolute Gasteiger partial charge is 0.494 e. The van der Waals surface area contributed by atoms with Crippen molar-refractivity contribution in [2.45, 2.75) is 30.0 Å². The van der Waals surface area contributed by atoms with Crippen LogP contribution in [0.3, 0.4) is 0 Å². The molecule has 35 heavy (non-hydrogen) atoms. The van der Waals surface area contributed by atoms with Crippen LogP contribution >= 0.6 is 0 Å². The Hall–Kier alpha value is -3.65. The van der Waals surface area contributed by atoms with Crippen LogP contribution in [0.1, 0.15) is 24.0 Å². The van der Waals surface area contributed by atoms with E-state index in [2.05, 4.69) is 5.32 Å². The number of carboxylic acid groups (broad SMARTS) is 1. The van der Waals surface area contributed by atoms with Crippen molar-refractivity contribution in [1.82, 2.24) is 10.0 Å². The first-order chi connectivity index (χ1) is 16.3. The van der Waals surface area contributed by atoms with Gasteiger partial charge in [-0.15, -0.1) is 0 Å². The van der Waals surface area contributed by atoms with E-state index in [0.717, 1.165) is 12.1 Å². The summed E-state index contributed by atoms with van der Waals surface area (Å²) >= 11 is 0. The SMILES string of the molecule is N=C(N)c1ccc(OCCCC(=O)NCC(NS(=O)(=O)c2ccccc2C(F)(F)F)C(=O)O)cc1. The number of carboxylic acids is 1. The molecule has 0 saturated heterocycles. The number of hydrogen-bond donors (Lipinski definition) is 5. The van der Waals surface area contributed by atoms with Crippen LogP contribution in [0, 0.1) is 5.41 Å². The Morgan fingerprint density at radius 2 is 1.74 bits per heavy atom. The van der Waals surface area contributed by atoms with Gasteiger partial charge < -0.3 is 20.9 Å². The fourth-order valence-corrected chi connectivity index (χ4v) is 4.24. The zero-order valence-electron chi connectivity index (χ0n) is 18.1. The van der Waals surface area contributed by atoms with Gasteiger partial charge in [-0.3, -0.25) is 15.0 Å². The molecule has 0 aliphatic carbocycles. The van der Waals surface area contributed by atoms with Crippen molar-refractivity contribution < 1.29 is 41.0 Å². The Morgan fingerprint density at radius 3 is 2.31 bits per heavy atom. The Morgan fingerprint density at radius 1 is 1.11 bits per heavy atom. The number of halogens is 3. The number of nitrogens with one attached hydrogen (secondary N) is 3. The Bertz CT molecular complexity index is 1170. The molecule has 1 amide bonds. The molecule has 0 aliphatic heterocycles. The van der Waals surface area contributed by atoms with Crippen LogP contribution < -0.4 is 20.5 Å². The van der Waals surface area contributed by atoms with Gasteiger partial charge >= 0.3 is 12.1 Å². The van der Waals surface area contributed by atoms with Crippen LogP contribution in [0.5, 0.6) is 5.75 Å². The summed E-state index contributed by atoms with van der Waals surface area (Å²) in [5.41, 5.74) is 4.42. The average molecular weight is 516 g/mol. The lowest BCUT2D eigenvalue weighted by Gasteiger charge is -2.18. The molecule has 190 valence electrons. The maximum absolute atomic E-state index is 13.1. The molecule has 0 radical (unpaired) electrons. The quantitative estimate of drug-likeness (QED) is 0.162. The van der Waals surface area contributed by atoms with Crippen molar-refractivity contribution in [3.63, 3.8) is 0 Å². The van der Waals surface area contributed by atoms with E-state index in [1.165, 1.54) is 0 Å². The number of nitrogens with two attached hydrogens (primary N) is 1. The van der Waals surface area contributed by atoms with Crippen LogP contribution in [-0.4, -0.2) is 50.4 Å². The molecule has 2 rings (SSSR count). The summed E-state index contributed by atoms with van der Waals surface area (Å²) in [5.74, 6) is -1.91. The van der Waals surface area contributed by atoms with Gasteiger partial charge in [-0.25, -0.2) is 8.42 Å². The molecular weight excluding hydrogens is 493 g/mol. The standard InChI is InChI=1S/C21H23F3N4O6S/c22-21(23,24)15-4-1-2-5-17(15)35(32,33)28-16(20(30)31)12-27-18(29)6-3-11-34-14-9-7-13(8-10-14)19(25)26/h1-2,4-5,7-10,16,28H,3,6,11-12H2,(H3,25,26)(H,27,29)(H,30,31). The number of amides is 1. The molecule has 0 fully saturated rings. The minimum Gasteiger partial charge on any atom is -0.494 e. The maximum atomic E-state index is 13.1. The van der Waals surface area contributed by atoms with Gasteiger partial charge in [0.15, 0.2) is 0 Å². The summed E-state index contributed by atoms with van der Waals surface area (Å²) in [4.78, 5) is 22.3. The predicted molar refractivity (Wildman–Crippen MR) is 118 cm³/mol. The lowest BCUT2D eigenvalue weighted by atomic mass is 10.2. The number of ether oxygens (including phenoxy) is 1. The highest BCUT2D eigenvalue weighted by atomic mass is 32.2. The first-order valence-electron chi connectivity index (χ1n) is 10.1. The Labute approximate surface area is 198 Å². The highest BCUT2D eigenvalue weighted by Crippen LogP contribution is 2.33. The van der Waals surface area contributed by atoms with Gasteiger partial charge in [0.05, 0.1) is 17.1 Å². The van der Waals surface area contributed by atoms with E-state index in [9.17, 15) is 36.3 Å². The first kappa shape index (κ1) is 27.6. The highest BCUT2D eigenvalue weighted by molar-refractivity contribution is 7.89. The molecule has 1 unspecified atom stereocenters. The number of sulfonamides is 1. The second kappa shape index (κ2) is 11.7. The normalized spacial score (nSPS) is 12.5. The summed E-state index contributed by atoms with van der Waals surface area (Å²) < 4.78 is 71.4. The zero-order chi connectivity index (χ0) is 26.2. The molecule has 1 atom stereocenters. The van der Waals surface area contributed by atoms with Crippen molar-refractivity contribution in [2.24, 2.45) is 5.73 Å². The van der Waals surface area contributed by atoms with Gasteiger partial charge in [0.2, 0.25) is 15.9 Å². The monoisotopic (exact) mass is 516 g/mol. The maximum Gasteiger partial charge on any atom is 0.417 e. The number of amidine groups is 1. The number of rotatable bonds is 12. The average Bonchev–Trinajstić information content (AvgIpc) is 2.79. The fraction of sp³-hybridized carbons (Fsp3) is 0.286. The van der Waals surface area contributed by atoms with E-state index in [4.69, 9.17) is 15.9 Å². The molecule has 0 bridgehead atoms. The number of carbonyl (C=O) groups is 2. The van der Waals surface area contributed by atoms with E-state index in [1.54, 1.807) is 29.0 Å². The van der Waals surface area contributed by atoms with Crippen LogP contribution in [-0.2, 0) is 25.8 Å². The molecule has 10 nitrogen and oxygen atoms in total. The van der Waals surface area contributed by atoms with Crippen LogP contribution in [0.2, 0.25) is 0 Å². The second-order valence-electron chi connectivity index (χ2n) is 7.20. The third-order valence-electron chi connectivity index (χ3n) is 4.56. The van der Waals surface area contributed by atoms with E-state index in [-0.39, 0.29) is 25.3 Å². The summed E-state index contributed by atoms with van der Waals surface area (Å²) in [7, 11) is -4.87. The van der Waals surface area contributed by atoms with Gasteiger partial charge in [-0.2, -0.15) is 17.9 Å². The summed E-state index contributed by atoms with van der Waals surface area (Å²) in [6, 6.07) is 7.80. The summed E-state index contributed by atoms with van der Waals surface area (Å²) in [6.45, 7) is -0.551. The van der Waals surface area contributed by atoms with Crippen LogP contribution in [0.15, 0.2) is 53.4 Å². The zero-order valence-corrected chi connectivity index (χ0v) is 18.9. The number of benzene rings is 2. The molecule has 0 aromatic heterocycles. The molecule has 2 aromatic carbocycles. The molecule has 0 heterocycles. The fourth-order valence-electron chi connectivity index (χ4n) is 2.82. The molecular formula is C21H23F3N4O6S. The van der Waals surface area contributed by atoms with Crippen LogP contribution in [0.25, 0.3) is 0 Å². The third-order valence-corrected chi connectivity index (χ3v) is 6.09. The van der Waals surface area contributed by atoms with Crippen molar-refractivity contribution >= 4 is 27.7 Å². The number of nitrogen functional groups attached to an aromatic ring is 1. The van der Waals surface area contributed by atoms with Crippen molar-refractivity contribution in [3.8, 4) is 5.75 Å². The molecule has 6 N–H and O–H groups in total. The molecule has 2 aromatic rings. The first-order valence-corrected chi connectivity index (χ1v) is 11.5. The minimum atomic E-state index is -4.98. The number of aliphatic carboxylic acids is 1. The van der Waals surface area contributed by atoms with E-state index in [0.29, 0.717) is 23.4 Å². The number of carbonyl (C=O) groups excluding carboxylic acids is 1. The minimum absolute atomic E-state index is 0.0818. The predicted octanol–water partition coefficient (Wildman–Crippen LogP) is 1.70.